The van der Waals surface area contributed by atoms with Crippen molar-refractivity contribution in [3.63, 3.8) is 0 Å². The lowest BCUT2D eigenvalue weighted by molar-refractivity contribution is 0.0754. The molecule has 120 valence electrons. The SMILES string of the molecule is Cc1sc(C(=O)NCCCCOC(C)C)cc1S(=O)(=O)Cl. The molecule has 0 saturated heterocycles. The summed E-state index contributed by atoms with van der Waals surface area (Å²) in [6.45, 7) is 6.77. The molecule has 0 aliphatic rings. The van der Waals surface area contributed by atoms with Gasteiger partial charge in [-0.2, -0.15) is 0 Å². The van der Waals surface area contributed by atoms with Crippen LogP contribution in [0, 0.1) is 6.92 Å². The van der Waals surface area contributed by atoms with Crippen LogP contribution in [0.2, 0.25) is 0 Å². The number of rotatable bonds is 8. The number of amides is 1. The van der Waals surface area contributed by atoms with Crippen LogP contribution in [0.25, 0.3) is 0 Å². The topological polar surface area (TPSA) is 72.5 Å². The maximum Gasteiger partial charge on any atom is 0.262 e. The Labute approximate surface area is 134 Å². The molecule has 1 aromatic rings. The van der Waals surface area contributed by atoms with Gasteiger partial charge < -0.3 is 10.1 Å². The molecule has 0 saturated carbocycles. The molecular formula is C13H20ClNO4S2. The van der Waals surface area contributed by atoms with Crippen LogP contribution in [0.1, 0.15) is 41.2 Å². The predicted octanol–water partition coefficient (Wildman–Crippen LogP) is 2.92. The largest absolute Gasteiger partial charge is 0.379 e. The highest BCUT2D eigenvalue weighted by molar-refractivity contribution is 8.13. The first-order valence-electron chi connectivity index (χ1n) is 6.66. The average molecular weight is 354 g/mol. The van der Waals surface area contributed by atoms with E-state index in [9.17, 15) is 13.2 Å². The van der Waals surface area contributed by atoms with E-state index in [1.54, 1.807) is 6.92 Å². The molecule has 1 aromatic heterocycles. The molecular weight excluding hydrogens is 334 g/mol. The molecule has 21 heavy (non-hydrogen) atoms. The fourth-order valence-corrected chi connectivity index (χ4v) is 4.23. The number of nitrogens with one attached hydrogen (secondary N) is 1. The van der Waals surface area contributed by atoms with E-state index >= 15 is 0 Å². The van der Waals surface area contributed by atoms with Gasteiger partial charge in [0.25, 0.3) is 15.0 Å². The minimum atomic E-state index is -3.80. The molecule has 8 heteroatoms. The average Bonchev–Trinajstić information content (AvgIpc) is 2.75. The summed E-state index contributed by atoms with van der Waals surface area (Å²) in [5.74, 6) is -0.278. The molecule has 0 atom stereocenters. The molecule has 5 nitrogen and oxygen atoms in total. The van der Waals surface area contributed by atoms with Gasteiger partial charge in [0.15, 0.2) is 0 Å². The third-order valence-corrected chi connectivity index (χ3v) is 5.29. The molecule has 0 spiro atoms. The summed E-state index contributed by atoms with van der Waals surface area (Å²) < 4.78 is 28.0. The third-order valence-electron chi connectivity index (χ3n) is 2.67. The van der Waals surface area contributed by atoms with Gasteiger partial charge in [-0.1, -0.05) is 0 Å². The number of ether oxygens (including phenoxy) is 1. The van der Waals surface area contributed by atoms with E-state index in [0.29, 0.717) is 22.9 Å². The highest BCUT2D eigenvalue weighted by Gasteiger charge is 2.20. The van der Waals surface area contributed by atoms with E-state index in [1.807, 2.05) is 13.8 Å². The van der Waals surface area contributed by atoms with Crippen LogP contribution in [0.5, 0.6) is 0 Å². The highest BCUT2D eigenvalue weighted by Crippen LogP contribution is 2.28. The Balaban J connectivity index is 2.43. The van der Waals surface area contributed by atoms with Crippen LogP contribution in [0.3, 0.4) is 0 Å². The van der Waals surface area contributed by atoms with Gasteiger partial charge in [-0.15, -0.1) is 11.3 Å². The molecule has 1 amide bonds. The molecule has 0 fully saturated rings. The number of halogens is 1. The third kappa shape index (κ3) is 6.34. The van der Waals surface area contributed by atoms with E-state index < -0.39 is 9.05 Å². The lowest BCUT2D eigenvalue weighted by atomic mass is 10.3. The molecule has 0 aliphatic carbocycles. The van der Waals surface area contributed by atoms with Crippen molar-refractivity contribution in [2.24, 2.45) is 0 Å². The zero-order valence-corrected chi connectivity index (χ0v) is 14.7. The molecule has 0 bridgehead atoms. The monoisotopic (exact) mass is 353 g/mol. The van der Waals surface area contributed by atoms with Crippen LogP contribution < -0.4 is 5.32 Å². The van der Waals surface area contributed by atoms with Crippen molar-refractivity contribution in [3.05, 3.63) is 15.8 Å². The van der Waals surface area contributed by atoms with Gasteiger partial charge in [0.05, 0.1) is 15.9 Å². The van der Waals surface area contributed by atoms with Gasteiger partial charge in [-0.05, 0) is 39.7 Å². The Kier molecular flexibility index (Phi) is 7.12. The summed E-state index contributed by atoms with van der Waals surface area (Å²) in [5, 5.41) is 2.76. The molecule has 1 heterocycles. The second-order valence-electron chi connectivity index (χ2n) is 4.85. The summed E-state index contributed by atoms with van der Waals surface area (Å²) in [6, 6.07) is 1.32. The van der Waals surface area contributed by atoms with E-state index in [2.05, 4.69) is 5.32 Å². The van der Waals surface area contributed by atoms with Gasteiger partial charge in [0.2, 0.25) is 0 Å². The normalized spacial score (nSPS) is 11.9. The van der Waals surface area contributed by atoms with Crippen molar-refractivity contribution in [1.29, 1.82) is 0 Å². The maximum absolute atomic E-state index is 11.9. The number of aryl methyl sites for hydroxylation is 1. The van der Waals surface area contributed by atoms with E-state index in [-0.39, 0.29) is 16.9 Å². The van der Waals surface area contributed by atoms with E-state index in [4.69, 9.17) is 15.4 Å². The van der Waals surface area contributed by atoms with Gasteiger partial charge >= 0.3 is 0 Å². The Morgan fingerprint density at radius 2 is 2.10 bits per heavy atom. The van der Waals surface area contributed by atoms with Crippen LogP contribution in [0.4, 0.5) is 0 Å². The molecule has 0 unspecified atom stereocenters. The van der Waals surface area contributed by atoms with Crippen molar-refractivity contribution in [1.82, 2.24) is 5.32 Å². The second kappa shape index (κ2) is 8.12. The van der Waals surface area contributed by atoms with Crippen LogP contribution in [-0.4, -0.2) is 33.6 Å². The second-order valence-corrected chi connectivity index (χ2v) is 8.64. The number of hydrogen-bond donors (Lipinski definition) is 1. The highest BCUT2D eigenvalue weighted by atomic mass is 35.7. The van der Waals surface area contributed by atoms with Crippen LogP contribution in [-0.2, 0) is 13.8 Å². The maximum atomic E-state index is 11.9. The van der Waals surface area contributed by atoms with Gasteiger partial charge in [-0.3, -0.25) is 4.79 Å². The standard InChI is InChI=1S/C13H20ClNO4S2/c1-9(2)19-7-5-4-6-15-13(16)11-8-12(10(3)20-11)21(14,17)18/h8-9H,4-7H2,1-3H3,(H,15,16). The first kappa shape index (κ1) is 18.4. The molecule has 1 rings (SSSR count). The van der Waals surface area contributed by atoms with Crippen LogP contribution >= 0.6 is 22.0 Å². The van der Waals surface area contributed by atoms with Gasteiger partial charge in [0, 0.05) is 28.7 Å². The summed E-state index contributed by atoms with van der Waals surface area (Å²) in [6.07, 6.45) is 1.89. The Hall–Kier alpha value is -0.630. The summed E-state index contributed by atoms with van der Waals surface area (Å²) in [7, 11) is 1.50. The lowest BCUT2D eigenvalue weighted by Crippen LogP contribution is -2.23. The smallest absolute Gasteiger partial charge is 0.262 e. The molecule has 0 radical (unpaired) electrons. The molecule has 0 aromatic carbocycles. The van der Waals surface area contributed by atoms with Crippen molar-refractivity contribution in [3.8, 4) is 0 Å². The Morgan fingerprint density at radius 3 is 2.62 bits per heavy atom. The van der Waals surface area contributed by atoms with E-state index in [0.717, 1.165) is 24.2 Å². The minimum Gasteiger partial charge on any atom is -0.379 e. The molecule has 1 N–H and O–H groups in total. The zero-order chi connectivity index (χ0) is 16.0. The van der Waals surface area contributed by atoms with Crippen LogP contribution in [0.15, 0.2) is 11.0 Å². The minimum absolute atomic E-state index is 0.00431. The van der Waals surface area contributed by atoms with E-state index in [1.165, 1.54) is 6.07 Å². The molecule has 0 aliphatic heterocycles. The number of carbonyl (C=O) groups excluding carboxylic acids is 1. The Morgan fingerprint density at radius 1 is 1.43 bits per heavy atom. The van der Waals surface area contributed by atoms with Crippen molar-refractivity contribution < 1.29 is 17.9 Å². The van der Waals surface area contributed by atoms with Crippen molar-refractivity contribution in [2.75, 3.05) is 13.2 Å². The number of unbranched alkanes of at least 4 members (excludes halogenated alkanes) is 1. The lowest BCUT2D eigenvalue weighted by Gasteiger charge is -2.07. The number of hydrogen-bond acceptors (Lipinski definition) is 5. The number of thiophene rings is 1. The summed E-state index contributed by atoms with van der Waals surface area (Å²) in [4.78, 5) is 12.8. The first-order valence-corrected chi connectivity index (χ1v) is 9.79. The van der Waals surface area contributed by atoms with Crippen molar-refractivity contribution in [2.45, 2.75) is 44.6 Å². The van der Waals surface area contributed by atoms with Gasteiger partial charge in [0.1, 0.15) is 0 Å². The fraction of sp³-hybridized carbons (Fsp3) is 0.615. The fourth-order valence-electron chi connectivity index (χ4n) is 1.65. The summed E-state index contributed by atoms with van der Waals surface area (Å²) in [5.41, 5.74) is 0. The summed E-state index contributed by atoms with van der Waals surface area (Å²) >= 11 is 1.12. The Bertz CT molecular complexity index is 581. The quantitative estimate of drug-likeness (QED) is 0.576. The number of carbonyl (C=O) groups is 1. The predicted molar refractivity (Wildman–Crippen MR) is 84.8 cm³/mol. The van der Waals surface area contributed by atoms with Crippen molar-refractivity contribution >= 4 is 37.0 Å². The zero-order valence-electron chi connectivity index (χ0n) is 12.3. The van der Waals surface area contributed by atoms with Gasteiger partial charge in [-0.25, -0.2) is 8.42 Å². The first-order chi connectivity index (χ1) is 9.71.